The van der Waals surface area contributed by atoms with Crippen LogP contribution in [0.25, 0.3) is 0 Å². The minimum atomic E-state index is -2.62. The van der Waals surface area contributed by atoms with Crippen LogP contribution in [-0.4, -0.2) is 11.0 Å². The Morgan fingerprint density at radius 1 is 1.38 bits per heavy atom. The highest BCUT2D eigenvalue weighted by atomic mass is 33.1. The number of nitrogens with two attached hydrogens (primary N) is 1. The Morgan fingerprint density at radius 2 is 1.75 bits per heavy atom. The monoisotopic (exact) mass is 189 g/mol. The van der Waals surface area contributed by atoms with Crippen LogP contribution in [0.4, 0.5) is 0 Å². The lowest BCUT2D eigenvalue weighted by molar-refractivity contribution is 0.573. The zero-order chi connectivity index (χ0) is 5.33. The molecule has 4 nitrogen and oxygen atoms in total. The van der Waals surface area contributed by atoms with E-state index in [0.717, 1.165) is 0 Å². The summed E-state index contributed by atoms with van der Waals surface area (Å²) in [7, 11) is -0.120. The van der Waals surface area contributed by atoms with Gasteiger partial charge in [-0.2, -0.15) is 8.99 Å². The van der Waals surface area contributed by atoms with Gasteiger partial charge >= 0.3 is 0 Å². The van der Waals surface area contributed by atoms with Gasteiger partial charge in [-0.1, -0.05) is 0 Å². The zero-order valence-corrected chi connectivity index (χ0v) is 5.78. The fourth-order valence-corrected chi connectivity index (χ4v) is 4.50. The molecule has 8 heavy (non-hydrogen) atoms. The summed E-state index contributed by atoms with van der Waals surface area (Å²) in [5.41, 5.74) is 5.07. The van der Waals surface area contributed by atoms with E-state index in [1.165, 1.54) is 22.0 Å². The van der Waals surface area contributed by atoms with E-state index < -0.39 is 7.59 Å². The van der Waals surface area contributed by atoms with Crippen LogP contribution in [-0.2, 0) is 4.57 Å². The van der Waals surface area contributed by atoms with Crippen molar-refractivity contribution in [1.82, 2.24) is 8.99 Å². The first kappa shape index (κ1) is 9.03. The summed E-state index contributed by atoms with van der Waals surface area (Å²) in [6, 6.07) is 0. The van der Waals surface area contributed by atoms with Gasteiger partial charge in [0.2, 0.25) is 0 Å². The Balaban J connectivity index is 0.000000490. The molecule has 0 atom stereocenters. The summed E-state index contributed by atoms with van der Waals surface area (Å²) >= 11 is 0. The molecule has 0 aromatic heterocycles. The Bertz CT molecular complexity index is 108. The first-order chi connectivity index (χ1) is 3.21. The van der Waals surface area contributed by atoms with Crippen LogP contribution >= 0.6 is 29.6 Å². The van der Waals surface area contributed by atoms with Crippen molar-refractivity contribution in [3.05, 3.63) is 0 Å². The molecule has 1 fully saturated rings. The number of hydrogen-bond donors (Lipinski definition) is 3. The summed E-state index contributed by atoms with van der Waals surface area (Å²) in [6.45, 7) is 0. The fourth-order valence-electron chi connectivity index (χ4n) is 0.167. The van der Waals surface area contributed by atoms with Crippen LogP contribution in [0.3, 0.4) is 0 Å². The SMILES string of the molecule is NP1(=O)NSSN1.[SiH4]. The van der Waals surface area contributed by atoms with Gasteiger partial charge in [0.1, 0.15) is 0 Å². The standard InChI is InChI=1S/H4N3OPS2.H4Si/c1-5(4)2-6-7-3-5;/h(H4,1,2,3,4);1H4. The molecule has 0 spiro atoms. The molecule has 1 heterocycles. The molecule has 0 radical (unpaired) electrons. The van der Waals surface area contributed by atoms with Gasteiger partial charge in [0.15, 0.2) is 0 Å². The van der Waals surface area contributed by atoms with E-state index in [4.69, 9.17) is 5.50 Å². The molecule has 1 aliphatic heterocycles. The minimum Gasteiger partial charge on any atom is -0.269 e. The lowest BCUT2D eigenvalue weighted by atomic mass is 13.8. The van der Waals surface area contributed by atoms with Crippen LogP contribution in [0.15, 0.2) is 0 Å². The lowest BCUT2D eigenvalue weighted by Gasteiger charge is -1.96. The molecule has 0 aromatic rings. The zero-order valence-electron chi connectivity index (χ0n) is 3.25. The molecule has 0 saturated carbocycles. The van der Waals surface area contributed by atoms with Gasteiger partial charge in [-0.25, -0.2) is 0 Å². The van der Waals surface area contributed by atoms with E-state index in [1.807, 2.05) is 0 Å². The maximum absolute atomic E-state index is 10.5. The number of rotatable bonds is 0. The van der Waals surface area contributed by atoms with Gasteiger partial charge in [0.05, 0.1) is 0 Å². The van der Waals surface area contributed by atoms with E-state index in [2.05, 4.69) is 8.99 Å². The first-order valence-electron chi connectivity index (χ1n) is 1.46. The molecule has 0 aromatic carbocycles. The molecule has 0 amide bonds. The topological polar surface area (TPSA) is 67.2 Å². The van der Waals surface area contributed by atoms with Crippen molar-refractivity contribution in [2.75, 3.05) is 0 Å². The summed E-state index contributed by atoms with van der Waals surface area (Å²) in [6.07, 6.45) is 0. The van der Waals surface area contributed by atoms with Crippen molar-refractivity contribution in [3.63, 3.8) is 0 Å². The van der Waals surface area contributed by atoms with Gasteiger partial charge in [-0.05, 0) is 11.0 Å². The third kappa shape index (κ3) is 2.54. The van der Waals surface area contributed by atoms with Crippen LogP contribution in [0.5, 0.6) is 0 Å². The van der Waals surface area contributed by atoms with Crippen LogP contribution < -0.4 is 14.5 Å². The van der Waals surface area contributed by atoms with Crippen LogP contribution in [0, 0.1) is 0 Å². The lowest BCUT2D eigenvalue weighted by Crippen LogP contribution is -2.10. The van der Waals surface area contributed by atoms with Gasteiger partial charge in [-0.3, -0.25) is 10.1 Å². The van der Waals surface area contributed by atoms with Crippen molar-refractivity contribution in [2.45, 2.75) is 0 Å². The number of hydrogen-bond acceptors (Lipinski definition) is 3. The van der Waals surface area contributed by atoms with E-state index >= 15 is 0 Å². The van der Waals surface area contributed by atoms with Crippen molar-refractivity contribution in [1.29, 1.82) is 0 Å². The summed E-state index contributed by atoms with van der Waals surface area (Å²) in [5, 5.41) is 0. The first-order valence-corrected chi connectivity index (χ1v) is 5.39. The largest absolute Gasteiger partial charge is 0.296 e. The second-order valence-electron chi connectivity index (χ2n) is 1.01. The Kier molecular flexibility index (Phi) is 3.68. The number of nitrogens with one attached hydrogen (secondary N) is 2. The smallest absolute Gasteiger partial charge is 0.269 e. The third-order valence-corrected chi connectivity index (χ3v) is 4.83. The van der Waals surface area contributed by atoms with Gasteiger partial charge < -0.3 is 0 Å². The van der Waals surface area contributed by atoms with Crippen LogP contribution in [0.1, 0.15) is 0 Å². The molecule has 8 heteroatoms. The predicted molar refractivity (Wildman–Crippen MR) is 44.6 cm³/mol. The average molecular weight is 189 g/mol. The second kappa shape index (κ2) is 3.26. The quantitative estimate of drug-likeness (QED) is 0.197. The fraction of sp³-hybridized carbons (Fsp3) is 0. The molecule has 0 aliphatic carbocycles. The van der Waals surface area contributed by atoms with Crippen molar-refractivity contribution < 1.29 is 4.57 Å². The maximum Gasteiger partial charge on any atom is 0.296 e. The molecule has 50 valence electrons. The molecular formula is H8N3OPS2Si. The van der Waals surface area contributed by atoms with E-state index in [1.54, 1.807) is 0 Å². The second-order valence-corrected chi connectivity index (χ2v) is 5.12. The molecular weight excluding hydrogens is 181 g/mol. The van der Waals surface area contributed by atoms with Gasteiger partial charge in [0.25, 0.3) is 7.59 Å². The van der Waals surface area contributed by atoms with Crippen molar-refractivity contribution in [2.24, 2.45) is 5.50 Å². The normalized spacial score (nSPS) is 24.6. The highest BCUT2D eigenvalue weighted by Gasteiger charge is 2.21. The highest BCUT2D eigenvalue weighted by molar-refractivity contribution is 8.78. The molecule has 0 unspecified atom stereocenters. The third-order valence-electron chi connectivity index (χ3n) is 0.387. The maximum atomic E-state index is 10.5. The van der Waals surface area contributed by atoms with E-state index in [0.29, 0.717) is 0 Å². The summed E-state index contributed by atoms with van der Waals surface area (Å²) in [5.74, 6) is 0. The average Bonchev–Trinajstić information content (AvgIpc) is 1.84. The van der Waals surface area contributed by atoms with Gasteiger partial charge in [-0.15, -0.1) is 0 Å². The Morgan fingerprint density at radius 3 is 1.88 bits per heavy atom. The summed E-state index contributed by atoms with van der Waals surface area (Å²) < 4.78 is 15.5. The van der Waals surface area contributed by atoms with E-state index in [9.17, 15) is 4.57 Å². The van der Waals surface area contributed by atoms with E-state index in [-0.39, 0.29) is 11.0 Å². The molecule has 1 rings (SSSR count). The Labute approximate surface area is 60.0 Å². The van der Waals surface area contributed by atoms with Gasteiger partial charge in [0, 0.05) is 22.0 Å². The van der Waals surface area contributed by atoms with Crippen LogP contribution in [0.2, 0.25) is 0 Å². The molecule has 1 aliphatic rings. The molecule has 4 N–H and O–H groups in total. The molecule has 0 bridgehead atoms. The highest BCUT2D eigenvalue weighted by Crippen LogP contribution is 2.43. The summed E-state index contributed by atoms with van der Waals surface area (Å²) in [4.78, 5) is 0. The molecule has 1 saturated heterocycles. The predicted octanol–water partition coefficient (Wildman–Crippen LogP) is -0.994. The minimum absolute atomic E-state index is 0. The Hall–Kier alpha value is 1.03. The van der Waals surface area contributed by atoms with Crippen molar-refractivity contribution in [3.8, 4) is 0 Å². The van der Waals surface area contributed by atoms with Crippen molar-refractivity contribution >= 4 is 40.5 Å².